The van der Waals surface area contributed by atoms with Gasteiger partial charge in [-0.05, 0) is 18.6 Å². The number of pyridine rings is 1. The van der Waals surface area contributed by atoms with Crippen LogP contribution in [0.3, 0.4) is 0 Å². The molecule has 1 aromatic heterocycles. The summed E-state index contributed by atoms with van der Waals surface area (Å²) in [7, 11) is 0. The molecule has 0 fully saturated rings. The van der Waals surface area contributed by atoms with Gasteiger partial charge < -0.3 is 10.0 Å². The molecule has 0 atom stereocenters. The number of hydrogen-bond donors (Lipinski definition) is 1. The van der Waals surface area contributed by atoms with Gasteiger partial charge in [-0.3, -0.25) is 0 Å². The van der Waals surface area contributed by atoms with Crippen LogP contribution in [-0.2, 0) is 0 Å². The zero-order valence-corrected chi connectivity index (χ0v) is 9.74. The van der Waals surface area contributed by atoms with Crippen LogP contribution in [0.2, 0.25) is 0 Å². The monoisotopic (exact) mass is 262 g/mol. The molecular weight excluding hydrogens is 249 g/mol. The number of carboxylic acids is 1. The van der Waals surface area contributed by atoms with E-state index in [-0.39, 0.29) is 18.1 Å². The summed E-state index contributed by atoms with van der Waals surface area (Å²) in [6, 6.07) is 3.99. The van der Waals surface area contributed by atoms with Crippen LogP contribution in [-0.4, -0.2) is 35.3 Å². The van der Waals surface area contributed by atoms with E-state index in [1.807, 2.05) is 0 Å². The third-order valence-corrected chi connectivity index (χ3v) is 2.14. The standard InChI is InChI=1S/C11H13F3N2O2/c1-2-6-16(7-11(12,13)14)9-5-3-4-8(15-9)10(17)18/h3-5H,2,6-7H2,1H3,(H,17,18). The largest absolute Gasteiger partial charge is 0.477 e. The fourth-order valence-electron chi connectivity index (χ4n) is 1.48. The lowest BCUT2D eigenvalue weighted by atomic mass is 10.3. The van der Waals surface area contributed by atoms with E-state index in [9.17, 15) is 18.0 Å². The second-order valence-corrected chi connectivity index (χ2v) is 3.72. The molecule has 0 amide bonds. The number of carboxylic acid groups (broad SMARTS) is 1. The van der Waals surface area contributed by atoms with Crippen molar-refractivity contribution in [3.05, 3.63) is 23.9 Å². The summed E-state index contributed by atoms with van der Waals surface area (Å²) in [6.45, 7) is 0.761. The number of nitrogens with zero attached hydrogens (tertiary/aromatic N) is 2. The van der Waals surface area contributed by atoms with Gasteiger partial charge in [0.05, 0.1) is 0 Å². The Kier molecular flexibility index (Phi) is 4.52. The first kappa shape index (κ1) is 14.3. The zero-order chi connectivity index (χ0) is 13.8. The summed E-state index contributed by atoms with van der Waals surface area (Å²) in [5.74, 6) is -1.24. The molecule has 0 aliphatic heterocycles. The third-order valence-electron chi connectivity index (χ3n) is 2.14. The van der Waals surface area contributed by atoms with E-state index in [0.717, 1.165) is 4.90 Å². The smallest absolute Gasteiger partial charge is 0.405 e. The van der Waals surface area contributed by atoms with Gasteiger partial charge in [-0.25, -0.2) is 9.78 Å². The molecule has 0 aliphatic carbocycles. The predicted octanol–water partition coefficient (Wildman–Crippen LogP) is 2.56. The molecular formula is C11H13F3N2O2. The van der Waals surface area contributed by atoms with Crippen molar-refractivity contribution in [1.29, 1.82) is 0 Å². The molecule has 4 nitrogen and oxygen atoms in total. The van der Waals surface area contributed by atoms with Crippen LogP contribution < -0.4 is 4.90 Å². The SMILES string of the molecule is CCCN(CC(F)(F)F)c1cccc(C(=O)O)n1. The lowest BCUT2D eigenvalue weighted by Crippen LogP contribution is -2.35. The molecule has 7 heteroatoms. The normalized spacial score (nSPS) is 11.3. The van der Waals surface area contributed by atoms with Gasteiger partial charge in [0.25, 0.3) is 0 Å². The summed E-state index contributed by atoms with van der Waals surface area (Å²) in [4.78, 5) is 15.4. The van der Waals surface area contributed by atoms with Gasteiger partial charge in [0, 0.05) is 6.54 Å². The Bertz CT molecular complexity index is 421. The van der Waals surface area contributed by atoms with Crippen molar-refractivity contribution in [2.24, 2.45) is 0 Å². The molecule has 0 radical (unpaired) electrons. The molecule has 0 unspecified atom stereocenters. The van der Waals surface area contributed by atoms with Crippen LogP contribution in [0, 0.1) is 0 Å². The van der Waals surface area contributed by atoms with E-state index in [4.69, 9.17) is 5.11 Å². The Labute approximate surface area is 102 Å². The van der Waals surface area contributed by atoms with Gasteiger partial charge in [0.2, 0.25) is 0 Å². The average Bonchev–Trinajstić information content (AvgIpc) is 2.27. The van der Waals surface area contributed by atoms with Gasteiger partial charge in [-0.2, -0.15) is 13.2 Å². The van der Waals surface area contributed by atoms with Crippen molar-refractivity contribution in [2.45, 2.75) is 19.5 Å². The quantitative estimate of drug-likeness (QED) is 0.886. The highest BCUT2D eigenvalue weighted by molar-refractivity contribution is 5.85. The lowest BCUT2D eigenvalue weighted by Gasteiger charge is -2.24. The second-order valence-electron chi connectivity index (χ2n) is 3.72. The summed E-state index contributed by atoms with van der Waals surface area (Å²) >= 11 is 0. The van der Waals surface area contributed by atoms with Gasteiger partial charge in [0.15, 0.2) is 5.69 Å². The van der Waals surface area contributed by atoms with E-state index in [1.54, 1.807) is 6.92 Å². The molecule has 0 spiro atoms. The molecule has 0 aliphatic rings. The maximum Gasteiger partial charge on any atom is 0.405 e. The number of alkyl halides is 3. The van der Waals surface area contributed by atoms with Crippen molar-refractivity contribution in [3.8, 4) is 0 Å². The van der Waals surface area contributed by atoms with Crippen LogP contribution in [0.15, 0.2) is 18.2 Å². The van der Waals surface area contributed by atoms with Crippen LogP contribution in [0.4, 0.5) is 19.0 Å². The third kappa shape index (κ3) is 4.23. The molecule has 1 N–H and O–H groups in total. The van der Waals surface area contributed by atoms with E-state index < -0.39 is 18.7 Å². The van der Waals surface area contributed by atoms with Gasteiger partial charge in [-0.1, -0.05) is 13.0 Å². The van der Waals surface area contributed by atoms with Crippen molar-refractivity contribution < 1.29 is 23.1 Å². The Morgan fingerprint density at radius 2 is 2.11 bits per heavy atom. The highest BCUT2D eigenvalue weighted by atomic mass is 19.4. The molecule has 0 aromatic carbocycles. The molecule has 1 aromatic rings. The Morgan fingerprint density at radius 3 is 2.61 bits per heavy atom. The number of anilines is 1. The molecule has 0 bridgehead atoms. The first-order chi connectivity index (χ1) is 8.33. The van der Waals surface area contributed by atoms with E-state index in [0.29, 0.717) is 6.42 Å². The number of hydrogen-bond acceptors (Lipinski definition) is 3. The van der Waals surface area contributed by atoms with Gasteiger partial charge in [-0.15, -0.1) is 0 Å². The van der Waals surface area contributed by atoms with E-state index in [1.165, 1.54) is 18.2 Å². The summed E-state index contributed by atoms with van der Waals surface area (Å²) in [6.07, 6.45) is -3.84. The Morgan fingerprint density at radius 1 is 1.44 bits per heavy atom. The van der Waals surface area contributed by atoms with E-state index in [2.05, 4.69) is 4.98 Å². The highest BCUT2D eigenvalue weighted by Crippen LogP contribution is 2.21. The van der Waals surface area contributed by atoms with Crippen LogP contribution in [0.25, 0.3) is 0 Å². The van der Waals surface area contributed by atoms with Crippen molar-refractivity contribution in [2.75, 3.05) is 18.0 Å². The second kappa shape index (κ2) is 5.70. The van der Waals surface area contributed by atoms with Crippen molar-refractivity contribution >= 4 is 11.8 Å². The first-order valence-corrected chi connectivity index (χ1v) is 5.35. The molecule has 0 saturated carbocycles. The molecule has 0 saturated heterocycles. The number of aromatic nitrogens is 1. The zero-order valence-electron chi connectivity index (χ0n) is 9.74. The molecule has 18 heavy (non-hydrogen) atoms. The van der Waals surface area contributed by atoms with Crippen LogP contribution in [0.5, 0.6) is 0 Å². The minimum absolute atomic E-state index is 0.0223. The Balaban J connectivity index is 2.98. The fraction of sp³-hybridized carbons (Fsp3) is 0.455. The summed E-state index contributed by atoms with van der Waals surface area (Å²) in [5, 5.41) is 8.75. The van der Waals surface area contributed by atoms with Gasteiger partial charge >= 0.3 is 12.1 Å². The maximum atomic E-state index is 12.4. The highest BCUT2D eigenvalue weighted by Gasteiger charge is 2.31. The minimum atomic E-state index is -4.35. The Hall–Kier alpha value is -1.79. The van der Waals surface area contributed by atoms with E-state index >= 15 is 0 Å². The molecule has 1 heterocycles. The first-order valence-electron chi connectivity index (χ1n) is 5.35. The number of rotatable bonds is 5. The topological polar surface area (TPSA) is 53.4 Å². The maximum absolute atomic E-state index is 12.4. The van der Waals surface area contributed by atoms with Crippen molar-refractivity contribution in [3.63, 3.8) is 0 Å². The number of halogens is 3. The van der Waals surface area contributed by atoms with Crippen molar-refractivity contribution in [1.82, 2.24) is 4.98 Å². The molecule has 1 rings (SSSR count). The molecule has 100 valence electrons. The number of carbonyl (C=O) groups is 1. The predicted molar refractivity (Wildman–Crippen MR) is 59.8 cm³/mol. The summed E-state index contributed by atoms with van der Waals surface area (Å²) in [5.41, 5.74) is -0.268. The minimum Gasteiger partial charge on any atom is -0.477 e. The number of aromatic carboxylic acids is 1. The van der Waals surface area contributed by atoms with Crippen LogP contribution >= 0.6 is 0 Å². The summed E-state index contributed by atoms with van der Waals surface area (Å²) < 4.78 is 37.2. The lowest BCUT2D eigenvalue weighted by molar-refractivity contribution is -0.119. The average molecular weight is 262 g/mol. The van der Waals surface area contributed by atoms with Gasteiger partial charge in [0.1, 0.15) is 12.4 Å². The fourth-order valence-corrected chi connectivity index (χ4v) is 1.48. The van der Waals surface area contributed by atoms with Crippen LogP contribution in [0.1, 0.15) is 23.8 Å².